The summed E-state index contributed by atoms with van der Waals surface area (Å²) in [6.45, 7) is 0.545. The van der Waals surface area contributed by atoms with Crippen LogP contribution in [0.3, 0.4) is 0 Å². The maximum Gasteiger partial charge on any atom is 0.313 e. The van der Waals surface area contributed by atoms with Crippen molar-refractivity contribution in [2.24, 2.45) is 11.7 Å². The van der Waals surface area contributed by atoms with Gasteiger partial charge in [-0.25, -0.2) is 4.39 Å². The molecule has 1 aromatic carbocycles. The van der Waals surface area contributed by atoms with Crippen LogP contribution in [0.2, 0.25) is 0 Å². The molecule has 1 saturated carbocycles. The molecule has 6 nitrogen and oxygen atoms in total. The molecule has 0 bridgehead atoms. The third kappa shape index (κ3) is 3.41. The Hall–Kier alpha value is -1.89. The first-order valence-corrected chi connectivity index (χ1v) is 7.05. The molecule has 1 fully saturated rings. The molecular formula is C14H20FN3O3. The van der Waals surface area contributed by atoms with Gasteiger partial charge in [-0.15, -0.1) is 0 Å². The zero-order valence-electron chi connectivity index (χ0n) is 12.0. The van der Waals surface area contributed by atoms with Crippen LogP contribution >= 0.6 is 0 Å². The number of nitrogens with zero attached hydrogens (tertiary/aromatic N) is 1. The molecule has 2 rings (SSSR count). The fraction of sp³-hybridized carbons (Fsp3) is 0.571. The van der Waals surface area contributed by atoms with Gasteiger partial charge in [0.2, 0.25) is 0 Å². The maximum absolute atomic E-state index is 14.1. The van der Waals surface area contributed by atoms with Crippen molar-refractivity contribution in [3.63, 3.8) is 0 Å². The van der Waals surface area contributed by atoms with E-state index in [0.717, 1.165) is 31.7 Å². The highest BCUT2D eigenvalue weighted by Crippen LogP contribution is 2.34. The zero-order chi connectivity index (χ0) is 15.4. The zero-order valence-corrected chi connectivity index (χ0v) is 12.0. The number of methoxy groups -OCH3 is 1. The highest BCUT2D eigenvalue weighted by molar-refractivity contribution is 5.59. The lowest BCUT2D eigenvalue weighted by Crippen LogP contribution is -2.36. The first-order chi connectivity index (χ1) is 10.1. The van der Waals surface area contributed by atoms with Gasteiger partial charge in [-0.05, 0) is 25.3 Å². The fourth-order valence-electron chi connectivity index (χ4n) is 2.84. The van der Waals surface area contributed by atoms with E-state index in [1.54, 1.807) is 0 Å². The lowest BCUT2D eigenvalue weighted by Gasteiger charge is -2.32. The van der Waals surface area contributed by atoms with Crippen molar-refractivity contribution in [1.82, 2.24) is 0 Å². The summed E-state index contributed by atoms with van der Waals surface area (Å²) in [5.41, 5.74) is 5.61. The molecule has 0 aliphatic heterocycles. The van der Waals surface area contributed by atoms with E-state index in [2.05, 4.69) is 5.32 Å². The van der Waals surface area contributed by atoms with Crippen molar-refractivity contribution in [1.29, 1.82) is 0 Å². The van der Waals surface area contributed by atoms with Gasteiger partial charge in [-0.3, -0.25) is 10.1 Å². The number of nitro benzene ring substituents is 1. The van der Waals surface area contributed by atoms with Crippen molar-refractivity contribution in [2.75, 3.05) is 19.0 Å². The van der Waals surface area contributed by atoms with Crippen molar-refractivity contribution in [2.45, 2.75) is 31.7 Å². The SMILES string of the molecule is COc1cc(NC2CCCCC2CN)c(F)cc1[N+](=O)[O-]. The normalized spacial score (nSPS) is 21.9. The predicted octanol–water partition coefficient (Wildman–Crippen LogP) is 2.67. The van der Waals surface area contributed by atoms with Crippen LogP contribution in [0.15, 0.2) is 12.1 Å². The number of nitrogens with one attached hydrogen (secondary N) is 1. The number of nitro groups is 1. The van der Waals surface area contributed by atoms with Gasteiger partial charge in [0.25, 0.3) is 0 Å². The van der Waals surface area contributed by atoms with Crippen LogP contribution in [0.1, 0.15) is 25.7 Å². The lowest BCUT2D eigenvalue weighted by atomic mass is 9.84. The van der Waals surface area contributed by atoms with Crippen LogP contribution in [0.4, 0.5) is 15.8 Å². The molecule has 0 spiro atoms. The van der Waals surface area contributed by atoms with E-state index >= 15 is 0 Å². The Morgan fingerprint density at radius 3 is 2.81 bits per heavy atom. The van der Waals surface area contributed by atoms with Crippen LogP contribution in [0.5, 0.6) is 5.75 Å². The summed E-state index contributed by atoms with van der Waals surface area (Å²) < 4.78 is 19.0. The number of rotatable bonds is 5. The Kier molecular flexibility index (Phi) is 4.95. The smallest absolute Gasteiger partial charge is 0.313 e. The molecule has 2 unspecified atom stereocenters. The van der Waals surface area contributed by atoms with Gasteiger partial charge < -0.3 is 15.8 Å². The standard InChI is InChI=1S/C14H20FN3O3/c1-21-14-7-12(10(15)6-13(14)18(19)20)17-11-5-3-2-4-9(11)8-16/h6-7,9,11,17H,2-5,8,16H2,1H3. The van der Waals surface area contributed by atoms with E-state index in [4.69, 9.17) is 10.5 Å². The van der Waals surface area contributed by atoms with Crippen LogP contribution < -0.4 is 15.8 Å². The van der Waals surface area contributed by atoms with Gasteiger partial charge in [0.1, 0.15) is 0 Å². The number of hydrogen-bond acceptors (Lipinski definition) is 5. The molecule has 3 N–H and O–H groups in total. The first kappa shape index (κ1) is 15.5. The number of benzene rings is 1. The Morgan fingerprint density at radius 1 is 1.48 bits per heavy atom. The van der Waals surface area contributed by atoms with E-state index in [0.29, 0.717) is 12.5 Å². The van der Waals surface area contributed by atoms with E-state index in [9.17, 15) is 14.5 Å². The van der Waals surface area contributed by atoms with Gasteiger partial charge in [-0.2, -0.15) is 0 Å². The number of hydrogen-bond donors (Lipinski definition) is 2. The molecule has 0 saturated heterocycles. The summed E-state index contributed by atoms with van der Waals surface area (Å²) in [4.78, 5) is 10.2. The molecule has 7 heteroatoms. The number of ether oxygens (including phenoxy) is 1. The molecule has 0 aromatic heterocycles. The van der Waals surface area contributed by atoms with Crippen molar-refractivity contribution in [3.05, 3.63) is 28.1 Å². The Bertz CT molecular complexity index is 524. The Morgan fingerprint density at radius 2 is 2.19 bits per heavy atom. The molecule has 2 atom stereocenters. The minimum atomic E-state index is -0.658. The van der Waals surface area contributed by atoms with Gasteiger partial charge in [0, 0.05) is 12.1 Å². The highest BCUT2D eigenvalue weighted by Gasteiger charge is 2.26. The van der Waals surface area contributed by atoms with Gasteiger partial charge in [0.15, 0.2) is 11.6 Å². The molecule has 116 valence electrons. The molecule has 1 aliphatic rings. The third-order valence-electron chi connectivity index (χ3n) is 4.02. The molecule has 1 aromatic rings. The highest BCUT2D eigenvalue weighted by atomic mass is 19.1. The minimum Gasteiger partial charge on any atom is -0.490 e. The summed E-state index contributed by atoms with van der Waals surface area (Å²) >= 11 is 0. The largest absolute Gasteiger partial charge is 0.490 e. The van der Waals surface area contributed by atoms with E-state index in [-0.39, 0.29) is 23.2 Å². The second kappa shape index (κ2) is 6.71. The summed E-state index contributed by atoms with van der Waals surface area (Å²) in [7, 11) is 1.33. The summed E-state index contributed by atoms with van der Waals surface area (Å²) in [6, 6.07) is 2.32. The molecule has 1 aliphatic carbocycles. The molecule has 0 radical (unpaired) electrons. The van der Waals surface area contributed by atoms with Crippen molar-refractivity contribution >= 4 is 11.4 Å². The van der Waals surface area contributed by atoms with Crippen LogP contribution in [0.25, 0.3) is 0 Å². The predicted molar refractivity (Wildman–Crippen MR) is 78.0 cm³/mol. The minimum absolute atomic E-state index is 0.0454. The molecule has 0 heterocycles. The molecular weight excluding hydrogens is 277 g/mol. The Labute approximate surface area is 122 Å². The number of nitrogens with two attached hydrogens (primary N) is 1. The second-order valence-electron chi connectivity index (χ2n) is 5.29. The maximum atomic E-state index is 14.1. The number of halogens is 1. The van der Waals surface area contributed by atoms with Crippen LogP contribution in [0, 0.1) is 21.8 Å². The monoisotopic (exact) mass is 297 g/mol. The second-order valence-corrected chi connectivity index (χ2v) is 5.29. The average molecular weight is 297 g/mol. The average Bonchev–Trinajstić information content (AvgIpc) is 2.49. The third-order valence-corrected chi connectivity index (χ3v) is 4.02. The lowest BCUT2D eigenvalue weighted by molar-refractivity contribution is -0.385. The van der Waals surface area contributed by atoms with Crippen molar-refractivity contribution in [3.8, 4) is 5.75 Å². The number of anilines is 1. The van der Waals surface area contributed by atoms with Gasteiger partial charge in [-0.1, -0.05) is 12.8 Å². The van der Waals surface area contributed by atoms with Gasteiger partial charge in [0.05, 0.1) is 23.8 Å². The summed E-state index contributed by atoms with van der Waals surface area (Å²) in [5.74, 6) is -0.313. The van der Waals surface area contributed by atoms with Crippen molar-refractivity contribution < 1.29 is 14.1 Å². The van der Waals surface area contributed by atoms with Crippen LogP contribution in [-0.4, -0.2) is 24.6 Å². The topological polar surface area (TPSA) is 90.4 Å². The van der Waals surface area contributed by atoms with E-state index in [1.165, 1.54) is 13.2 Å². The Balaban J connectivity index is 2.25. The quantitative estimate of drug-likeness (QED) is 0.644. The van der Waals surface area contributed by atoms with Gasteiger partial charge >= 0.3 is 5.69 Å². The summed E-state index contributed by atoms with van der Waals surface area (Å²) in [6.07, 6.45) is 4.13. The van der Waals surface area contributed by atoms with E-state index in [1.807, 2.05) is 0 Å². The first-order valence-electron chi connectivity index (χ1n) is 7.05. The molecule has 21 heavy (non-hydrogen) atoms. The summed E-state index contributed by atoms with van der Waals surface area (Å²) in [5, 5.41) is 14.0. The molecule has 0 amide bonds. The van der Waals surface area contributed by atoms with E-state index < -0.39 is 10.7 Å². The fourth-order valence-corrected chi connectivity index (χ4v) is 2.84. The van der Waals surface area contributed by atoms with Crippen LogP contribution in [-0.2, 0) is 0 Å².